The lowest BCUT2D eigenvalue weighted by Gasteiger charge is -2.30. The van der Waals surface area contributed by atoms with E-state index < -0.39 is 11.6 Å². The van der Waals surface area contributed by atoms with E-state index in [-0.39, 0.29) is 18.6 Å². The van der Waals surface area contributed by atoms with Crippen molar-refractivity contribution in [2.75, 3.05) is 11.5 Å². The van der Waals surface area contributed by atoms with Crippen molar-refractivity contribution >= 4 is 17.6 Å². The monoisotopic (exact) mass is 317 g/mol. The Morgan fingerprint density at radius 1 is 1.26 bits per heavy atom. The van der Waals surface area contributed by atoms with Gasteiger partial charge in [-0.05, 0) is 50.7 Å². The molecular weight excluding hydrogens is 294 g/mol. The summed E-state index contributed by atoms with van der Waals surface area (Å²) in [6.07, 6.45) is 4.30. The van der Waals surface area contributed by atoms with Crippen LogP contribution >= 0.6 is 0 Å². The Kier molecular flexibility index (Phi) is 4.39. The van der Waals surface area contributed by atoms with E-state index >= 15 is 0 Å². The van der Waals surface area contributed by atoms with E-state index in [4.69, 9.17) is 4.74 Å². The Labute approximate surface area is 136 Å². The second-order valence-corrected chi connectivity index (χ2v) is 6.61. The predicted molar refractivity (Wildman–Crippen MR) is 86.1 cm³/mol. The molecule has 3 rings (SSSR count). The smallest absolute Gasteiger partial charge is 0.338 e. The molecule has 1 aromatic carbocycles. The topological polar surface area (TPSA) is 66.8 Å². The predicted octanol–water partition coefficient (Wildman–Crippen LogP) is 2.20. The molecule has 0 radical (unpaired) electrons. The minimum Gasteiger partial charge on any atom is -0.453 e. The number of ether oxygens (including phenoxy) is 1. The number of fused-ring (bicyclic) bond motifs is 1. The number of amides is 1. The summed E-state index contributed by atoms with van der Waals surface area (Å²) in [4.78, 5) is 26.3. The van der Waals surface area contributed by atoms with Gasteiger partial charge in [0.1, 0.15) is 0 Å². The standard InChI is InChI=1S/C18H23NO4/c1-13-11-14-7-3-4-8-15(14)19(13)16(20)12-23-17(21)18(22)9-5-2-6-10-18/h3-4,7-8,13,22H,2,5-6,9-12H2,1H3. The average Bonchev–Trinajstić information content (AvgIpc) is 2.88. The summed E-state index contributed by atoms with van der Waals surface area (Å²) in [5.74, 6) is -0.902. The second kappa shape index (κ2) is 6.32. The fourth-order valence-electron chi connectivity index (χ4n) is 3.62. The lowest BCUT2D eigenvalue weighted by molar-refractivity contribution is -0.170. The van der Waals surface area contributed by atoms with Gasteiger partial charge in [-0.15, -0.1) is 0 Å². The molecule has 0 aromatic heterocycles. The molecule has 5 nitrogen and oxygen atoms in total. The van der Waals surface area contributed by atoms with Crippen LogP contribution in [0.4, 0.5) is 5.69 Å². The quantitative estimate of drug-likeness (QED) is 0.868. The fourth-order valence-corrected chi connectivity index (χ4v) is 3.62. The fraction of sp³-hybridized carbons (Fsp3) is 0.556. The Balaban J connectivity index is 1.62. The van der Waals surface area contributed by atoms with Gasteiger partial charge in [0.2, 0.25) is 0 Å². The van der Waals surface area contributed by atoms with E-state index in [2.05, 4.69) is 0 Å². The van der Waals surface area contributed by atoms with E-state index in [0.29, 0.717) is 12.8 Å². The zero-order valence-electron chi connectivity index (χ0n) is 13.5. The number of carbonyl (C=O) groups excluding carboxylic acids is 2. The van der Waals surface area contributed by atoms with Gasteiger partial charge in [-0.3, -0.25) is 4.79 Å². The molecule has 1 aliphatic carbocycles. The zero-order valence-corrected chi connectivity index (χ0v) is 13.5. The van der Waals surface area contributed by atoms with Crippen molar-refractivity contribution < 1.29 is 19.4 Å². The first-order chi connectivity index (χ1) is 11.0. The van der Waals surface area contributed by atoms with Crippen LogP contribution in [0.2, 0.25) is 0 Å². The number of para-hydroxylation sites is 1. The summed E-state index contributed by atoms with van der Waals surface area (Å²) >= 11 is 0. The number of esters is 1. The van der Waals surface area contributed by atoms with E-state index in [1.807, 2.05) is 31.2 Å². The first-order valence-corrected chi connectivity index (χ1v) is 8.31. The summed E-state index contributed by atoms with van der Waals surface area (Å²) in [5, 5.41) is 10.3. The van der Waals surface area contributed by atoms with Gasteiger partial charge in [-0.2, -0.15) is 0 Å². The highest BCUT2D eigenvalue weighted by molar-refractivity contribution is 5.98. The maximum atomic E-state index is 12.5. The van der Waals surface area contributed by atoms with Crippen LogP contribution in [0.3, 0.4) is 0 Å². The highest BCUT2D eigenvalue weighted by Gasteiger charge is 2.39. The van der Waals surface area contributed by atoms with Gasteiger partial charge < -0.3 is 14.7 Å². The Morgan fingerprint density at radius 3 is 2.70 bits per heavy atom. The molecule has 0 saturated heterocycles. The molecule has 2 aliphatic rings. The highest BCUT2D eigenvalue weighted by atomic mass is 16.6. The van der Waals surface area contributed by atoms with Crippen LogP contribution in [0.5, 0.6) is 0 Å². The largest absolute Gasteiger partial charge is 0.453 e. The van der Waals surface area contributed by atoms with Crippen molar-refractivity contribution in [1.82, 2.24) is 0 Å². The molecule has 1 amide bonds. The van der Waals surface area contributed by atoms with Gasteiger partial charge >= 0.3 is 5.97 Å². The van der Waals surface area contributed by atoms with Crippen molar-refractivity contribution in [2.24, 2.45) is 0 Å². The highest BCUT2D eigenvalue weighted by Crippen LogP contribution is 2.32. The van der Waals surface area contributed by atoms with Crippen LogP contribution in [-0.2, 0) is 20.7 Å². The van der Waals surface area contributed by atoms with Crippen LogP contribution in [-0.4, -0.2) is 35.2 Å². The first-order valence-electron chi connectivity index (χ1n) is 8.31. The lowest BCUT2D eigenvalue weighted by atomic mass is 9.85. The Bertz CT molecular complexity index is 607. The van der Waals surface area contributed by atoms with E-state index in [0.717, 1.165) is 36.9 Å². The van der Waals surface area contributed by atoms with Crippen LogP contribution in [0.1, 0.15) is 44.6 Å². The maximum absolute atomic E-state index is 12.5. The minimum absolute atomic E-state index is 0.0522. The number of hydrogen-bond acceptors (Lipinski definition) is 4. The van der Waals surface area contributed by atoms with Crippen molar-refractivity contribution in [1.29, 1.82) is 0 Å². The summed E-state index contributed by atoms with van der Waals surface area (Å²) in [7, 11) is 0. The number of aliphatic hydroxyl groups is 1. The summed E-state index contributed by atoms with van der Waals surface area (Å²) in [6.45, 7) is 1.66. The summed E-state index contributed by atoms with van der Waals surface area (Å²) in [6, 6.07) is 7.83. The summed E-state index contributed by atoms with van der Waals surface area (Å²) in [5.41, 5.74) is 0.607. The van der Waals surface area contributed by atoms with Gasteiger partial charge in [0.25, 0.3) is 5.91 Å². The second-order valence-electron chi connectivity index (χ2n) is 6.61. The molecule has 1 fully saturated rings. The minimum atomic E-state index is -1.41. The van der Waals surface area contributed by atoms with Crippen LogP contribution < -0.4 is 4.90 Å². The number of nitrogens with zero attached hydrogens (tertiary/aromatic N) is 1. The zero-order chi connectivity index (χ0) is 16.4. The van der Waals surface area contributed by atoms with Crippen molar-refractivity contribution in [3.63, 3.8) is 0 Å². The third-order valence-electron chi connectivity index (χ3n) is 4.86. The number of anilines is 1. The average molecular weight is 317 g/mol. The normalized spacial score (nSPS) is 22.5. The number of carbonyl (C=O) groups is 2. The van der Waals surface area contributed by atoms with Gasteiger partial charge in [-0.25, -0.2) is 4.79 Å². The van der Waals surface area contributed by atoms with E-state index in [9.17, 15) is 14.7 Å². The summed E-state index contributed by atoms with van der Waals surface area (Å²) < 4.78 is 5.14. The number of hydrogen-bond donors (Lipinski definition) is 1. The van der Waals surface area contributed by atoms with E-state index in [1.165, 1.54) is 0 Å². The van der Waals surface area contributed by atoms with E-state index in [1.54, 1.807) is 4.90 Å². The molecular formula is C18H23NO4. The van der Waals surface area contributed by atoms with Crippen molar-refractivity contribution in [3.8, 4) is 0 Å². The third-order valence-corrected chi connectivity index (χ3v) is 4.86. The molecule has 1 saturated carbocycles. The third kappa shape index (κ3) is 3.11. The molecule has 0 bridgehead atoms. The van der Waals surface area contributed by atoms with Gasteiger partial charge in [0.05, 0.1) is 0 Å². The SMILES string of the molecule is CC1Cc2ccccc2N1C(=O)COC(=O)C1(O)CCCCC1. The van der Waals surface area contributed by atoms with Gasteiger partial charge in [0.15, 0.2) is 12.2 Å². The first kappa shape index (κ1) is 16.0. The number of benzene rings is 1. The maximum Gasteiger partial charge on any atom is 0.338 e. The molecule has 23 heavy (non-hydrogen) atoms. The molecule has 5 heteroatoms. The molecule has 1 unspecified atom stereocenters. The Hall–Kier alpha value is -1.88. The number of rotatable bonds is 3. The lowest BCUT2D eigenvalue weighted by Crippen LogP contribution is -2.44. The van der Waals surface area contributed by atoms with Crippen molar-refractivity contribution in [2.45, 2.75) is 57.1 Å². The molecule has 1 aliphatic heterocycles. The van der Waals surface area contributed by atoms with Gasteiger partial charge in [-0.1, -0.05) is 24.6 Å². The molecule has 1 N–H and O–H groups in total. The van der Waals surface area contributed by atoms with Gasteiger partial charge in [0, 0.05) is 11.7 Å². The molecule has 124 valence electrons. The van der Waals surface area contributed by atoms with Crippen molar-refractivity contribution in [3.05, 3.63) is 29.8 Å². The molecule has 1 aromatic rings. The molecule has 1 heterocycles. The Morgan fingerprint density at radius 2 is 1.96 bits per heavy atom. The van der Waals surface area contributed by atoms with Crippen LogP contribution in [0, 0.1) is 0 Å². The molecule has 1 atom stereocenters. The van der Waals surface area contributed by atoms with Crippen LogP contribution in [0.25, 0.3) is 0 Å². The van der Waals surface area contributed by atoms with Crippen LogP contribution in [0.15, 0.2) is 24.3 Å². The molecule has 0 spiro atoms.